The smallest absolute Gasteiger partial charge is 0.240 e. The first-order chi connectivity index (χ1) is 12.4. The number of sulfonamides is 1. The summed E-state index contributed by atoms with van der Waals surface area (Å²) < 4.78 is 44.1. The summed E-state index contributed by atoms with van der Waals surface area (Å²) in [4.78, 5) is 0.188. The molecule has 0 amide bonds. The zero-order valence-corrected chi connectivity index (χ0v) is 16.3. The summed E-state index contributed by atoms with van der Waals surface area (Å²) in [6.07, 6.45) is -0.468. The maximum atomic E-state index is 12.6. The molecule has 0 heterocycles. The Kier molecular flexibility index (Phi) is 7.02. The molecule has 0 bridgehead atoms. The molecule has 0 radical (unpaired) electrons. The van der Waals surface area contributed by atoms with Crippen LogP contribution >= 0.6 is 0 Å². The summed E-state index contributed by atoms with van der Waals surface area (Å²) in [5.41, 5.74) is 1.55. The minimum Gasteiger partial charge on any atom is -0.496 e. The van der Waals surface area contributed by atoms with Crippen LogP contribution in [0, 0.1) is 6.92 Å². The Morgan fingerprint density at radius 1 is 1.08 bits per heavy atom. The highest BCUT2D eigenvalue weighted by Crippen LogP contribution is 2.27. The van der Waals surface area contributed by atoms with Crippen LogP contribution in [0.3, 0.4) is 0 Å². The summed E-state index contributed by atoms with van der Waals surface area (Å²) >= 11 is 0. The zero-order valence-electron chi connectivity index (χ0n) is 15.5. The number of methoxy groups -OCH3 is 2. The monoisotopic (exact) mass is 379 g/mol. The van der Waals surface area contributed by atoms with Crippen molar-refractivity contribution in [1.29, 1.82) is 0 Å². The van der Waals surface area contributed by atoms with Crippen molar-refractivity contribution in [2.75, 3.05) is 27.4 Å². The number of rotatable bonds is 9. The van der Waals surface area contributed by atoms with Crippen LogP contribution in [0.4, 0.5) is 0 Å². The molecule has 142 valence electrons. The fourth-order valence-corrected chi connectivity index (χ4v) is 3.74. The Labute approximate surface area is 155 Å². The van der Waals surface area contributed by atoms with Crippen LogP contribution in [-0.2, 0) is 14.8 Å². The van der Waals surface area contributed by atoms with E-state index in [1.165, 1.54) is 13.2 Å². The average molecular weight is 379 g/mol. The van der Waals surface area contributed by atoms with E-state index in [9.17, 15) is 8.42 Å². The van der Waals surface area contributed by atoms with Crippen molar-refractivity contribution in [1.82, 2.24) is 4.72 Å². The lowest BCUT2D eigenvalue weighted by molar-refractivity contribution is 0.105. The Morgan fingerprint density at radius 2 is 1.81 bits per heavy atom. The number of benzene rings is 2. The topological polar surface area (TPSA) is 73.9 Å². The average Bonchev–Trinajstić information content (AvgIpc) is 2.64. The molecule has 0 saturated heterocycles. The lowest BCUT2D eigenvalue weighted by Gasteiger charge is -2.19. The summed E-state index contributed by atoms with van der Waals surface area (Å²) in [7, 11) is -0.572. The maximum absolute atomic E-state index is 12.6. The van der Waals surface area contributed by atoms with Gasteiger partial charge in [0.05, 0.1) is 24.7 Å². The second-order valence-electron chi connectivity index (χ2n) is 5.68. The van der Waals surface area contributed by atoms with E-state index in [1.807, 2.05) is 38.1 Å². The Hall–Kier alpha value is -2.09. The van der Waals surface area contributed by atoms with Gasteiger partial charge >= 0.3 is 0 Å². The number of hydrogen-bond donors (Lipinski definition) is 1. The van der Waals surface area contributed by atoms with Crippen LogP contribution in [0.1, 0.15) is 24.2 Å². The van der Waals surface area contributed by atoms with E-state index in [0.717, 1.165) is 11.1 Å². The molecule has 1 N–H and O–H groups in total. The van der Waals surface area contributed by atoms with Gasteiger partial charge in [0.15, 0.2) is 0 Å². The van der Waals surface area contributed by atoms with Crippen LogP contribution in [0.2, 0.25) is 0 Å². The number of aryl methyl sites for hydroxylation is 1. The van der Waals surface area contributed by atoms with Gasteiger partial charge in [0, 0.05) is 19.2 Å². The molecule has 1 unspecified atom stereocenters. The number of ether oxygens (including phenoxy) is 3. The van der Waals surface area contributed by atoms with Gasteiger partial charge in [0.2, 0.25) is 10.0 Å². The first-order valence-electron chi connectivity index (χ1n) is 8.31. The van der Waals surface area contributed by atoms with Gasteiger partial charge in [-0.1, -0.05) is 18.2 Å². The fraction of sp³-hybridized carbons (Fsp3) is 0.368. The van der Waals surface area contributed by atoms with Crippen LogP contribution in [0.25, 0.3) is 0 Å². The lowest BCUT2D eigenvalue weighted by Crippen LogP contribution is -2.29. The molecule has 0 fully saturated rings. The quantitative estimate of drug-likeness (QED) is 0.725. The van der Waals surface area contributed by atoms with Gasteiger partial charge < -0.3 is 14.2 Å². The highest BCUT2D eigenvalue weighted by molar-refractivity contribution is 7.89. The SMILES string of the molecule is CCOc1ccc(S(=O)(=O)NCC(OC)c2ccccc2OC)cc1C. The van der Waals surface area contributed by atoms with Crippen LogP contribution in [-0.4, -0.2) is 35.8 Å². The molecule has 0 aliphatic rings. The molecule has 0 aliphatic carbocycles. The molecule has 2 aromatic rings. The second kappa shape index (κ2) is 9.02. The van der Waals surface area contributed by atoms with Gasteiger partial charge in [-0.3, -0.25) is 0 Å². The molecule has 2 rings (SSSR count). The molecule has 0 aromatic heterocycles. The summed E-state index contributed by atoms with van der Waals surface area (Å²) in [6, 6.07) is 12.2. The van der Waals surface area contributed by atoms with Gasteiger partial charge in [0.1, 0.15) is 11.5 Å². The third-order valence-electron chi connectivity index (χ3n) is 3.99. The standard InChI is InChI=1S/C19H25NO5S/c1-5-25-17-11-10-15(12-14(17)2)26(21,22)20-13-19(24-4)16-8-6-7-9-18(16)23-3/h6-12,19-20H,5,13H2,1-4H3. The third kappa shape index (κ3) is 4.75. The van der Waals surface area contributed by atoms with Gasteiger partial charge in [-0.15, -0.1) is 0 Å². The van der Waals surface area contributed by atoms with Gasteiger partial charge in [-0.05, 0) is 43.7 Å². The van der Waals surface area contributed by atoms with E-state index in [4.69, 9.17) is 14.2 Å². The van der Waals surface area contributed by atoms with Crippen molar-refractivity contribution >= 4 is 10.0 Å². The second-order valence-corrected chi connectivity index (χ2v) is 7.45. The molecule has 1 atom stereocenters. The first-order valence-corrected chi connectivity index (χ1v) is 9.80. The predicted molar refractivity (Wildman–Crippen MR) is 100 cm³/mol. The fourth-order valence-electron chi connectivity index (χ4n) is 2.63. The Bertz CT molecular complexity index is 836. The van der Waals surface area contributed by atoms with Crippen molar-refractivity contribution < 1.29 is 22.6 Å². The Morgan fingerprint density at radius 3 is 2.42 bits per heavy atom. The first kappa shape index (κ1) is 20.2. The third-order valence-corrected chi connectivity index (χ3v) is 5.41. The molecular weight excluding hydrogens is 354 g/mol. The van der Waals surface area contributed by atoms with E-state index >= 15 is 0 Å². The molecule has 0 spiro atoms. The highest BCUT2D eigenvalue weighted by atomic mass is 32.2. The Balaban J connectivity index is 2.17. The van der Waals surface area contributed by atoms with Gasteiger partial charge in [-0.2, -0.15) is 0 Å². The maximum Gasteiger partial charge on any atom is 0.240 e. The van der Waals surface area contributed by atoms with Crippen LogP contribution in [0.15, 0.2) is 47.4 Å². The number of nitrogens with one attached hydrogen (secondary N) is 1. The van der Waals surface area contributed by atoms with E-state index in [0.29, 0.717) is 18.1 Å². The molecule has 7 heteroatoms. The van der Waals surface area contributed by atoms with Crippen molar-refractivity contribution in [2.24, 2.45) is 0 Å². The molecule has 6 nitrogen and oxygen atoms in total. The van der Waals surface area contributed by atoms with Crippen molar-refractivity contribution in [3.05, 3.63) is 53.6 Å². The number of para-hydroxylation sites is 1. The van der Waals surface area contributed by atoms with Crippen LogP contribution < -0.4 is 14.2 Å². The minimum atomic E-state index is -3.67. The largest absolute Gasteiger partial charge is 0.496 e. The zero-order chi connectivity index (χ0) is 19.2. The van der Waals surface area contributed by atoms with Gasteiger partial charge in [0.25, 0.3) is 0 Å². The summed E-state index contributed by atoms with van der Waals surface area (Å²) in [5.74, 6) is 1.32. The minimum absolute atomic E-state index is 0.0888. The lowest BCUT2D eigenvalue weighted by atomic mass is 10.1. The summed E-state index contributed by atoms with van der Waals surface area (Å²) in [5, 5.41) is 0. The molecule has 26 heavy (non-hydrogen) atoms. The summed E-state index contributed by atoms with van der Waals surface area (Å²) in [6.45, 7) is 4.32. The highest BCUT2D eigenvalue weighted by Gasteiger charge is 2.21. The van der Waals surface area contributed by atoms with Crippen molar-refractivity contribution in [3.63, 3.8) is 0 Å². The normalized spacial score (nSPS) is 12.6. The van der Waals surface area contributed by atoms with Gasteiger partial charge in [-0.25, -0.2) is 13.1 Å². The van der Waals surface area contributed by atoms with E-state index < -0.39 is 16.1 Å². The molecule has 2 aromatic carbocycles. The van der Waals surface area contributed by atoms with E-state index in [2.05, 4.69) is 4.72 Å². The van der Waals surface area contributed by atoms with E-state index in [-0.39, 0.29) is 11.4 Å². The van der Waals surface area contributed by atoms with Crippen molar-refractivity contribution in [3.8, 4) is 11.5 Å². The van der Waals surface area contributed by atoms with E-state index in [1.54, 1.807) is 19.2 Å². The van der Waals surface area contributed by atoms with Crippen LogP contribution in [0.5, 0.6) is 11.5 Å². The molecule has 0 aliphatic heterocycles. The predicted octanol–water partition coefficient (Wildman–Crippen LogP) is 3.07. The van der Waals surface area contributed by atoms with Crippen molar-refractivity contribution in [2.45, 2.75) is 24.8 Å². The number of hydrogen-bond acceptors (Lipinski definition) is 5. The molecular formula is C19H25NO5S. The molecule has 0 saturated carbocycles.